The summed E-state index contributed by atoms with van der Waals surface area (Å²) < 4.78 is 14.3. The molecule has 0 saturated carbocycles. The summed E-state index contributed by atoms with van der Waals surface area (Å²) in [6, 6.07) is 7.85. The Morgan fingerprint density at radius 2 is 2.00 bits per heavy atom. The van der Waals surface area contributed by atoms with Crippen LogP contribution in [0.5, 0.6) is 0 Å². The summed E-state index contributed by atoms with van der Waals surface area (Å²) in [6.07, 6.45) is 0. The highest BCUT2D eigenvalue weighted by atomic mass is 127. The molecule has 2 aromatic rings. The molecule has 0 aromatic heterocycles. The van der Waals surface area contributed by atoms with E-state index < -0.39 is 16.6 Å². The fourth-order valence-corrected chi connectivity index (χ4v) is 2.51. The van der Waals surface area contributed by atoms with Crippen molar-refractivity contribution < 1.29 is 14.1 Å². The first-order valence-electron chi connectivity index (χ1n) is 5.59. The average molecular weight is 465 g/mol. The van der Waals surface area contributed by atoms with E-state index in [0.717, 1.165) is 6.07 Å². The smallest absolute Gasteiger partial charge is 0.270 e. The lowest BCUT2D eigenvalue weighted by molar-refractivity contribution is -0.384. The van der Waals surface area contributed by atoms with E-state index in [1.54, 1.807) is 0 Å². The van der Waals surface area contributed by atoms with E-state index >= 15 is 0 Å². The molecule has 1 amide bonds. The molecule has 0 aliphatic carbocycles. The van der Waals surface area contributed by atoms with Crippen LogP contribution < -0.4 is 5.32 Å². The number of benzene rings is 2. The molecule has 0 saturated heterocycles. The lowest BCUT2D eigenvalue weighted by Crippen LogP contribution is -2.14. The third kappa shape index (κ3) is 3.76. The second-order valence-electron chi connectivity index (χ2n) is 4.00. The molecule has 0 bridgehead atoms. The highest BCUT2D eigenvalue weighted by molar-refractivity contribution is 14.1. The van der Waals surface area contributed by atoms with Gasteiger partial charge in [-0.3, -0.25) is 14.9 Å². The Morgan fingerprint density at radius 1 is 1.29 bits per heavy atom. The number of rotatable bonds is 3. The van der Waals surface area contributed by atoms with Crippen molar-refractivity contribution in [3.05, 3.63) is 65.9 Å². The number of halogens is 3. The quantitative estimate of drug-likeness (QED) is 0.417. The molecular formula is C13H7BrFIN2O3. The first-order chi connectivity index (χ1) is 9.88. The van der Waals surface area contributed by atoms with E-state index in [1.807, 2.05) is 22.6 Å². The normalized spacial score (nSPS) is 10.2. The van der Waals surface area contributed by atoms with E-state index in [-0.39, 0.29) is 16.9 Å². The van der Waals surface area contributed by atoms with Crippen molar-refractivity contribution in [3.8, 4) is 0 Å². The van der Waals surface area contributed by atoms with Crippen LogP contribution in [0.2, 0.25) is 0 Å². The van der Waals surface area contributed by atoms with Gasteiger partial charge in [0.05, 0.1) is 16.2 Å². The van der Waals surface area contributed by atoms with E-state index in [4.69, 9.17) is 0 Å². The van der Waals surface area contributed by atoms with Crippen molar-refractivity contribution in [2.75, 3.05) is 5.32 Å². The Labute approximate surface area is 141 Å². The molecular weight excluding hydrogens is 458 g/mol. The maximum Gasteiger partial charge on any atom is 0.270 e. The molecule has 0 heterocycles. The van der Waals surface area contributed by atoms with Gasteiger partial charge in [0.2, 0.25) is 0 Å². The number of hydrogen-bond donors (Lipinski definition) is 1. The van der Waals surface area contributed by atoms with Crippen LogP contribution in [0.3, 0.4) is 0 Å². The van der Waals surface area contributed by atoms with Crippen molar-refractivity contribution in [1.29, 1.82) is 0 Å². The molecule has 21 heavy (non-hydrogen) atoms. The van der Waals surface area contributed by atoms with Crippen molar-refractivity contribution in [1.82, 2.24) is 0 Å². The predicted molar refractivity (Wildman–Crippen MR) is 87.9 cm³/mol. The molecule has 0 fully saturated rings. The van der Waals surface area contributed by atoms with Gasteiger partial charge < -0.3 is 5.32 Å². The summed E-state index contributed by atoms with van der Waals surface area (Å²) in [6.45, 7) is 0. The largest absolute Gasteiger partial charge is 0.321 e. The molecule has 0 atom stereocenters. The van der Waals surface area contributed by atoms with Crippen LogP contribution in [0.15, 0.2) is 40.9 Å². The highest BCUT2D eigenvalue weighted by Crippen LogP contribution is 2.25. The highest BCUT2D eigenvalue weighted by Gasteiger charge is 2.16. The van der Waals surface area contributed by atoms with Crippen molar-refractivity contribution in [2.24, 2.45) is 0 Å². The van der Waals surface area contributed by atoms with E-state index in [0.29, 0.717) is 8.04 Å². The maximum atomic E-state index is 13.2. The van der Waals surface area contributed by atoms with Gasteiger partial charge >= 0.3 is 0 Å². The molecule has 0 aliphatic heterocycles. The number of carbonyl (C=O) groups is 1. The molecule has 2 aromatic carbocycles. The van der Waals surface area contributed by atoms with Crippen molar-refractivity contribution in [3.63, 3.8) is 0 Å². The number of non-ortho nitro benzene ring substituents is 1. The van der Waals surface area contributed by atoms with Crippen LogP contribution in [0.25, 0.3) is 0 Å². The van der Waals surface area contributed by atoms with Crippen LogP contribution in [0.4, 0.5) is 15.8 Å². The molecule has 108 valence electrons. The minimum atomic E-state index is -0.578. The number of nitro benzene ring substituents is 1. The zero-order valence-corrected chi connectivity index (χ0v) is 14.0. The van der Waals surface area contributed by atoms with Gasteiger partial charge in [0.15, 0.2) is 0 Å². The molecule has 0 radical (unpaired) electrons. The van der Waals surface area contributed by atoms with Crippen LogP contribution in [-0.4, -0.2) is 10.8 Å². The Balaban J connectivity index is 2.34. The Bertz CT molecular complexity index is 739. The minimum Gasteiger partial charge on any atom is -0.321 e. The third-order valence-electron chi connectivity index (χ3n) is 2.58. The zero-order chi connectivity index (χ0) is 15.6. The SMILES string of the molecule is O=C(Nc1cc(F)ccc1Br)c1cc([N+](=O)[O-])ccc1I. The minimum absolute atomic E-state index is 0.154. The van der Waals surface area contributed by atoms with Crippen molar-refractivity contribution in [2.45, 2.75) is 0 Å². The summed E-state index contributed by atoms with van der Waals surface area (Å²) in [5, 5.41) is 13.3. The molecule has 0 spiro atoms. The number of carbonyl (C=O) groups excluding carboxylic acids is 1. The molecule has 0 aliphatic rings. The Hall–Kier alpha value is -1.55. The fourth-order valence-electron chi connectivity index (χ4n) is 1.58. The van der Waals surface area contributed by atoms with E-state index in [9.17, 15) is 19.3 Å². The van der Waals surface area contributed by atoms with E-state index in [1.165, 1.54) is 30.3 Å². The summed E-state index contributed by atoms with van der Waals surface area (Å²) >= 11 is 5.10. The number of nitrogens with one attached hydrogen (secondary N) is 1. The lowest BCUT2D eigenvalue weighted by atomic mass is 10.2. The summed E-state index contributed by atoms with van der Waals surface area (Å²) in [7, 11) is 0. The summed E-state index contributed by atoms with van der Waals surface area (Å²) in [4.78, 5) is 22.4. The Morgan fingerprint density at radius 3 is 2.67 bits per heavy atom. The van der Waals surface area contributed by atoms with Gasteiger partial charge in [-0.2, -0.15) is 0 Å². The summed E-state index contributed by atoms with van der Waals surface area (Å²) in [5.74, 6) is -1.04. The monoisotopic (exact) mass is 464 g/mol. The Kier molecular flexibility index (Phi) is 4.88. The van der Waals surface area contributed by atoms with Crippen molar-refractivity contribution >= 4 is 55.8 Å². The predicted octanol–water partition coefficient (Wildman–Crippen LogP) is 4.35. The fraction of sp³-hybridized carbons (Fsp3) is 0. The van der Waals surface area contributed by atoms with E-state index in [2.05, 4.69) is 21.2 Å². The van der Waals surface area contributed by atoms with Crippen LogP contribution in [0, 0.1) is 19.5 Å². The average Bonchev–Trinajstić information content (AvgIpc) is 2.43. The number of nitro groups is 1. The van der Waals surface area contributed by atoms with Gasteiger partial charge in [-0.05, 0) is 62.8 Å². The van der Waals surface area contributed by atoms with Gasteiger partial charge in [-0.15, -0.1) is 0 Å². The van der Waals surface area contributed by atoms with Gasteiger partial charge in [0, 0.05) is 20.2 Å². The molecule has 5 nitrogen and oxygen atoms in total. The number of nitrogens with zero attached hydrogens (tertiary/aromatic N) is 1. The number of amides is 1. The molecule has 8 heteroatoms. The van der Waals surface area contributed by atoms with Gasteiger partial charge in [-0.1, -0.05) is 0 Å². The molecule has 2 rings (SSSR count). The number of anilines is 1. The van der Waals surface area contributed by atoms with Crippen LogP contribution in [-0.2, 0) is 0 Å². The first kappa shape index (κ1) is 15.8. The number of hydrogen-bond acceptors (Lipinski definition) is 3. The second-order valence-corrected chi connectivity index (χ2v) is 6.02. The van der Waals surface area contributed by atoms with Crippen LogP contribution >= 0.6 is 38.5 Å². The topological polar surface area (TPSA) is 72.2 Å². The molecule has 0 unspecified atom stereocenters. The molecule has 1 N–H and O–H groups in total. The lowest BCUT2D eigenvalue weighted by Gasteiger charge is -2.09. The maximum absolute atomic E-state index is 13.2. The van der Waals surface area contributed by atoms with Gasteiger partial charge in [0.1, 0.15) is 5.82 Å². The first-order valence-corrected chi connectivity index (χ1v) is 7.46. The third-order valence-corrected chi connectivity index (χ3v) is 4.21. The second kappa shape index (κ2) is 6.48. The van der Waals surface area contributed by atoms with Crippen LogP contribution in [0.1, 0.15) is 10.4 Å². The zero-order valence-electron chi connectivity index (χ0n) is 10.3. The van der Waals surface area contributed by atoms with Gasteiger partial charge in [0.25, 0.3) is 11.6 Å². The summed E-state index contributed by atoms with van der Waals surface area (Å²) in [5.41, 5.74) is 0.224. The standard InChI is InChI=1S/C13H7BrFIN2O3/c14-10-3-1-7(15)5-12(10)17-13(19)9-6-8(18(20)21)2-4-11(9)16/h1-6H,(H,17,19). The van der Waals surface area contributed by atoms with Gasteiger partial charge in [-0.25, -0.2) is 4.39 Å².